The van der Waals surface area contributed by atoms with Crippen LogP contribution in [0.4, 0.5) is 0 Å². The van der Waals surface area contributed by atoms with Crippen molar-refractivity contribution < 1.29 is 9.90 Å². The van der Waals surface area contributed by atoms with Gasteiger partial charge in [-0.15, -0.1) is 0 Å². The molecule has 1 N–H and O–H groups in total. The summed E-state index contributed by atoms with van der Waals surface area (Å²) in [4.78, 5) is 18.9. The molecule has 74 valence electrons. The zero-order chi connectivity index (χ0) is 10.7. The van der Waals surface area contributed by atoms with Crippen molar-refractivity contribution in [3.05, 3.63) is 48.3 Å². The second-order valence-electron chi connectivity index (χ2n) is 2.95. The summed E-state index contributed by atoms with van der Waals surface area (Å²) in [5, 5.41) is 8.81. The molecule has 15 heavy (non-hydrogen) atoms. The molecule has 0 fully saturated rings. The fourth-order valence-electron chi connectivity index (χ4n) is 1.22. The molecule has 0 saturated heterocycles. The third-order valence-electron chi connectivity index (χ3n) is 1.93. The van der Waals surface area contributed by atoms with Crippen molar-refractivity contribution in [2.75, 3.05) is 0 Å². The predicted octanol–water partition coefficient (Wildman–Crippen LogP) is 1.84. The van der Waals surface area contributed by atoms with Crippen LogP contribution >= 0.6 is 0 Å². The molecule has 0 aliphatic carbocycles. The topological polar surface area (TPSA) is 63.1 Å². The molecule has 4 heteroatoms. The fourth-order valence-corrected chi connectivity index (χ4v) is 1.22. The van der Waals surface area contributed by atoms with Crippen molar-refractivity contribution in [2.45, 2.75) is 0 Å². The Labute approximate surface area is 86.2 Å². The van der Waals surface area contributed by atoms with Crippen LogP contribution in [0.1, 0.15) is 10.4 Å². The van der Waals surface area contributed by atoms with Crippen molar-refractivity contribution in [2.24, 2.45) is 0 Å². The molecule has 0 radical (unpaired) electrons. The van der Waals surface area contributed by atoms with Gasteiger partial charge in [-0.05, 0) is 24.3 Å². The lowest BCUT2D eigenvalue weighted by Gasteiger charge is -2.00. The molecule has 0 aromatic carbocycles. The van der Waals surface area contributed by atoms with Crippen LogP contribution in [-0.4, -0.2) is 21.0 Å². The minimum atomic E-state index is -0.963. The number of nitrogens with zero attached hydrogens (tertiary/aromatic N) is 2. The summed E-state index contributed by atoms with van der Waals surface area (Å²) >= 11 is 0. The van der Waals surface area contributed by atoms with E-state index in [0.717, 1.165) is 0 Å². The van der Waals surface area contributed by atoms with E-state index in [-0.39, 0.29) is 5.56 Å². The average Bonchev–Trinajstić information content (AvgIpc) is 2.30. The quantitative estimate of drug-likeness (QED) is 0.803. The van der Waals surface area contributed by atoms with E-state index in [1.54, 1.807) is 18.3 Å². The van der Waals surface area contributed by atoms with Crippen LogP contribution in [0.3, 0.4) is 0 Å². The Balaban J connectivity index is 2.46. The Bertz CT molecular complexity index is 483. The van der Waals surface area contributed by atoms with Crippen molar-refractivity contribution >= 4 is 5.97 Å². The Hall–Kier alpha value is -2.23. The van der Waals surface area contributed by atoms with Crippen LogP contribution in [0.2, 0.25) is 0 Å². The van der Waals surface area contributed by atoms with Gasteiger partial charge in [0.25, 0.3) is 0 Å². The smallest absolute Gasteiger partial charge is 0.335 e. The largest absolute Gasteiger partial charge is 0.478 e. The second kappa shape index (κ2) is 3.88. The first kappa shape index (κ1) is 9.33. The molecule has 0 atom stereocenters. The first-order valence-electron chi connectivity index (χ1n) is 4.38. The van der Waals surface area contributed by atoms with Gasteiger partial charge in [-0.2, -0.15) is 0 Å². The Morgan fingerprint density at radius 1 is 1.07 bits per heavy atom. The Morgan fingerprint density at radius 3 is 2.53 bits per heavy atom. The lowest BCUT2D eigenvalue weighted by Crippen LogP contribution is -1.97. The monoisotopic (exact) mass is 200 g/mol. The van der Waals surface area contributed by atoms with Crippen molar-refractivity contribution in [1.82, 2.24) is 9.97 Å². The number of carbonyl (C=O) groups is 1. The molecule has 2 heterocycles. The van der Waals surface area contributed by atoms with Gasteiger partial charge < -0.3 is 5.11 Å². The van der Waals surface area contributed by atoms with Crippen LogP contribution in [-0.2, 0) is 0 Å². The summed E-state index contributed by atoms with van der Waals surface area (Å²) in [7, 11) is 0. The van der Waals surface area contributed by atoms with Gasteiger partial charge in [-0.25, -0.2) is 4.79 Å². The van der Waals surface area contributed by atoms with E-state index in [9.17, 15) is 4.79 Å². The highest BCUT2D eigenvalue weighted by molar-refractivity contribution is 5.88. The summed E-state index contributed by atoms with van der Waals surface area (Å²) < 4.78 is 0. The zero-order valence-corrected chi connectivity index (χ0v) is 7.79. The normalized spacial score (nSPS) is 9.87. The van der Waals surface area contributed by atoms with E-state index < -0.39 is 5.97 Å². The number of pyridine rings is 2. The van der Waals surface area contributed by atoms with Gasteiger partial charge in [0.1, 0.15) is 0 Å². The van der Waals surface area contributed by atoms with Crippen molar-refractivity contribution in [3.63, 3.8) is 0 Å². The SMILES string of the molecule is O=C(O)c1ccnc(-c2ccccn2)c1. The maximum Gasteiger partial charge on any atom is 0.335 e. The van der Waals surface area contributed by atoms with E-state index in [1.807, 2.05) is 6.07 Å². The molecule has 0 amide bonds. The molecule has 0 bridgehead atoms. The van der Waals surface area contributed by atoms with Gasteiger partial charge in [0.2, 0.25) is 0 Å². The van der Waals surface area contributed by atoms with E-state index in [4.69, 9.17) is 5.11 Å². The molecular weight excluding hydrogens is 192 g/mol. The van der Waals surface area contributed by atoms with E-state index >= 15 is 0 Å². The first-order valence-corrected chi connectivity index (χ1v) is 4.38. The molecule has 0 aliphatic rings. The minimum absolute atomic E-state index is 0.214. The average molecular weight is 200 g/mol. The third kappa shape index (κ3) is 1.99. The molecule has 2 rings (SSSR count). The second-order valence-corrected chi connectivity index (χ2v) is 2.95. The van der Waals surface area contributed by atoms with Gasteiger partial charge in [0, 0.05) is 12.4 Å². The summed E-state index contributed by atoms with van der Waals surface area (Å²) in [6.45, 7) is 0. The molecule has 2 aromatic rings. The molecule has 0 aliphatic heterocycles. The van der Waals surface area contributed by atoms with Crippen molar-refractivity contribution in [3.8, 4) is 11.4 Å². The van der Waals surface area contributed by atoms with E-state index in [0.29, 0.717) is 11.4 Å². The van der Waals surface area contributed by atoms with E-state index in [1.165, 1.54) is 18.3 Å². The predicted molar refractivity (Wildman–Crippen MR) is 54.4 cm³/mol. The number of carboxylic acid groups (broad SMARTS) is 1. The first-order chi connectivity index (χ1) is 7.27. The molecule has 4 nitrogen and oxygen atoms in total. The standard InChI is InChI=1S/C11H8N2O2/c14-11(15)8-4-6-13-10(7-8)9-3-1-2-5-12-9/h1-7H,(H,14,15). The molecule has 0 spiro atoms. The van der Waals surface area contributed by atoms with Crippen LogP contribution < -0.4 is 0 Å². The number of aromatic carboxylic acids is 1. The number of hydrogen-bond donors (Lipinski definition) is 1. The highest BCUT2D eigenvalue weighted by atomic mass is 16.4. The fraction of sp³-hybridized carbons (Fsp3) is 0. The summed E-state index contributed by atoms with van der Waals surface area (Å²) in [6, 6.07) is 8.37. The Morgan fingerprint density at radius 2 is 1.87 bits per heavy atom. The number of hydrogen-bond acceptors (Lipinski definition) is 3. The maximum atomic E-state index is 10.7. The van der Waals surface area contributed by atoms with Gasteiger partial charge >= 0.3 is 5.97 Å². The molecule has 0 saturated carbocycles. The number of rotatable bonds is 2. The van der Waals surface area contributed by atoms with Gasteiger partial charge in [-0.3, -0.25) is 9.97 Å². The molecule has 0 unspecified atom stereocenters. The van der Waals surface area contributed by atoms with Crippen LogP contribution in [0, 0.1) is 0 Å². The van der Waals surface area contributed by atoms with E-state index in [2.05, 4.69) is 9.97 Å². The summed E-state index contributed by atoms with van der Waals surface area (Å²) in [5.41, 5.74) is 1.45. The molecular formula is C11H8N2O2. The van der Waals surface area contributed by atoms with Gasteiger partial charge in [-0.1, -0.05) is 6.07 Å². The third-order valence-corrected chi connectivity index (χ3v) is 1.93. The number of carboxylic acids is 1. The lowest BCUT2D eigenvalue weighted by atomic mass is 10.2. The lowest BCUT2D eigenvalue weighted by molar-refractivity contribution is 0.0697. The zero-order valence-electron chi connectivity index (χ0n) is 7.79. The van der Waals surface area contributed by atoms with Gasteiger partial charge in [0.15, 0.2) is 0 Å². The summed E-state index contributed by atoms with van der Waals surface area (Å²) in [6.07, 6.45) is 3.11. The number of aromatic nitrogens is 2. The highest BCUT2D eigenvalue weighted by Gasteiger charge is 2.05. The minimum Gasteiger partial charge on any atom is -0.478 e. The van der Waals surface area contributed by atoms with Crippen LogP contribution in [0.25, 0.3) is 11.4 Å². The van der Waals surface area contributed by atoms with Crippen molar-refractivity contribution in [1.29, 1.82) is 0 Å². The summed E-state index contributed by atoms with van der Waals surface area (Å²) in [5.74, 6) is -0.963. The molecule has 2 aromatic heterocycles. The van der Waals surface area contributed by atoms with Gasteiger partial charge in [0.05, 0.1) is 17.0 Å². The maximum absolute atomic E-state index is 10.7. The van der Waals surface area contributed by atoms with Crippen LogP contribution in [0.5, 0.6) is 0 Å². The van der Waals surface area contributed by atoms with Crippen LogP contribution in [0.15, 0.2) is 42.7 Å². The highest BCUT2D eigenvalue weighted by Crippen LogP contribution is 2.14. The Kier molecular flexibility index (Phi) is 2.41.